The van der Waals surface area contributed by atoms with Gasteiger partial charge in [-0.05, 0) is 94.9 Å². The summed E-state index contributed by atoms with van der Waals surface area (Å²) in [4.78, 5) is 4.41. The lowest BCUT2D eigenvalue weighted by molar-refractivity contribution is 0.174. The molecule has 0 amide bonds. The van der Waals surface area contributed by atoms with E-state index in [9.17, 15) is 8.42 Å². The van der Waals surface area contributed by atoms with Crippen molar-refractivity contribution in [2.24, 2.45) is 0 Å². The van der Waals surface area contributed by atoms with E-state index in [1.807, 2.05) is 19.9 Å². The summed E-state index contributed by atoms with van der Waals surface area (Å²) in [5.41, 5.74) is 4.34. The number of nitrogens with zero attached hydrogens (tertiary/aromatic N) is 3. The molecule has 0 spiro atoms. The molecular formula is C27H36N4O4S2. The standard InChI is InChI=1S/C27H36N4O4S2/c1-19-13-23(29-28-19)26-16-27(20(2)36-26)37(32,33)31-11-6-4-5-9-21-14-24-25(35-18-34-24)15-22(21)17-30(3)10-7-8-12-31/h13-16H,4-12,17-18H2,1-3H3,(H,28,29). The molecule has 0 aliphatic carbocycles. The summed E-state index contributed by atoms with van der Waals surface area (Å²) in [5.74, 6) is 1.67. The Bertz CT molecular complexity index is 1350. The number of hydrogen-bond acceptors (Lipinski definition) is 7. The van der Waals surface area contributed by atoms with Crippen LogP contribution >= 0.6 is 11.3 Å². The van der Waals surface area contributed by atoms with Crippen molar-refractivity contribution in [3.8, 4) is 22.1 Å². The van der Waals surface area contributed by atoms with Crippen LogP contribution in [0.2, 0.25) is 0 Å². The van der Waals surface area contributed by atoms with Crippen molar-refractivity contribution < 1.29 is 17.9 Å². The molecule has 2 aromatic heterocycles. The van der Waals surface area contributed by atoms with Gasteiger partial charge in [0, 0.05) is 30.2 Å². The third kappa shape index (κ3) is 5.87. The molecule has 0 atom stereocenters. The Labute approximate surface area is 223 Å². The molecule has 5 rings (SSSR count). The smallest absolute Gasteiger partial charge is 0.244 e. The van der Waals surface area contributed by atoms with Crippen LogP contribution in [0.1, 0.15) is 53.8 Å². The predicted molar refractivity (Wildman–Crippen MR) is 146 cm³/mol. The van der Waals surface area contributed by atoms with Crippen LogP contribution in [0.3, 0.4) is 0 Å². The number of sulfonamides is 1. The molecule has 2 aliphatic rings. The van der Waals surface area contributed by atoms with Gasteiger partial charge in [-0.2, -0.15) is 9.40 Å². The number of aromatic amines is 1. The summed E-state index contributed by atoms with van der Waals surface area (Å²) in [7, 11) is -1.46. The quantitative estimate of drug-likeness (QED) is 0.493. The molecule has 37 heavy (non-hydrogen) atoms. The molecule has 3 aromatic rings. The Hall–Kier alpha value is -2.40. The first-order valence-corrected chi connectivity index (χ1v) is 15.3. The summed E-state index contributed by atoms with van der Waals surface area (Å²) in [5, 5.41) is 7.27. The van der Waals surface area contributed by atoms with E-state index >= 15 is 0 Å². The lowest BCUT2D eigenvalue weighted by Gasteiger charge is -2.24. The normalized spacial score (nSPS) is 18.5. The van der Waals surface area contributed by atoms with Gasteiger partial charge in [-0.15, -0.1) is 11.3 Å². The van der Waals surface area contributed by atoms with Crippen molar-refractivity contribution >= 4 is 21.4 Å². The summed E-state index contributed by atoms with van der Waals surface area (Å²) in [6.45, 7) is 6.95. The largest absolute Gasteiger partial charge is 0.454 e. The zero-order valence-electron chi connectivity index (χ0n) is 21.9. The SMILES string of the molecule is Cc1cc(-c2cc(S(=O)(=O)N3CCCCCc4cc5c(cc4CN(C)CCCC3)OCO5)c(C)s2)n[nH]1. The minimum Gasteiger partial charge on any atom is -0.454 e. The Kier molecular flexibility index (Phi) is 7.90. The van der Waals surface area contributed by atoms with Crippen LogP contribution in [-0.2, 0) is 23.0 Å². The number of ether oxygens (including phenoxy) is 2. The molecule has 4 heterocycles. The second-order valence-electron chi connectivity index (χ2n) is 10.1. The van der Waals surface area contributed by atoms with Crippen LogP contribution in [0.15, 0.2) is 29.2 Å². The highest BCUT2D eigenvalue weighted by Crippen LogP contribution is 2.37. The van der Waals surface area contributed by atoms with Crippen LogP contribution in [0.4, 0.5) is 0 Å². The molecule has 10 heteroatoms. The molecule has 0 fully saturated rings. The Morgan fingerprint density at radius 3 is 2.35 bits per heavy atom. The van der Waals surface area contributed by atoms with Crippen molar-refractivity contribution in [1.82, 2.24) is 19.4 Å². The summed E-state index contributed by atoms with van der Waals surface area (Å²) in [6.07, 6.45) is 5.52. The first-order valence-electron chi connectivity index (χ1n) is 13.0. The number of fused-ring (bicyclic) bond motifs is 2. The fourth-order valence-corrected chi connectivity index (χ4v) is 8.15. The first-order chi connectivity index (χ1) is 17.8. The van der Waals surface area contributed by atoms with Gasteiger partial charge >= 0.3 is 0 Å². The van der Waals surface area contributed by atoms with Gasteiger partial charge in [-0.25, -0.2) is 8.42 Å². The van der Waals surface area contributed by atoms with Gasteiger partial charge < -0.3 is 14.4 Å². The third-order valence-electron chi connectivity index (χ3n) is 7.13. The summed E-state index contributed by atoms with van der Waals surface area (Å²) < 4.78 is 40.6. The number of nitrogens with one attached hydrogen (secondary N) is 1. The number of aryl methyl sites for hydroxylation is 3. The average Bonchev–Trinajstić information content (AvgIpc) is 3.59. The summed E-state index contributed by atoms with van der Waals surface area (Å²) in [6, 6.07) is 8.01. The number of aromatic nitrogens is 2. The fraction of sp³-hybridized carbons (Fsp3) is 0.519. The van der Waals surface area contributed by atoms with E-state index in [0.717, 1.165) is 84.3 Å². The van der Waals surface area contributed by atoms with Crippen molar-refractivity contribution in [3.63, 3.8) is 0 Å². The molecule has 1 aromatic carbocycles. The van der Waals surface area contributed by atoms with Crippen molar-refractivity contribution in [2.75, 3.05) is 33.5 Å². The van der Waals surface area contributed by atoms with Gasteiger partial charge in [0.05, 0.1) is 9.77 Å². The van der Waals surface area contributed by atoms with E-state index in [-0.39, 0.29) is 6.79 Å². The lowest BCUT2D eigenvalue weighted by atomic mass is 9.99. The average molecular weight is 545 g/mol. The number of thiophene rings is 1. The number of rotatable bonds is 3. The predicted octanol–water partition coefficient (Wildman–Crippen LogP) is 5.11. The maximum atomic E-state index is 13.8. The topological polar surface area (TPSA) is 87.8 Å². The third-order valence-corrected chi connectivity index (χ3v) is 10.4. The Balaban J connectivity index is 1.32. The second kappa shape index (κ2) is 11.1. The zero-order valence-corrected chi connectivity index (χ0v) is 23.5. The highest BCUT2D eigenvalue weighted by molar-refractivity contribution is 7.89. The van der Waals surface area contributed by atoms with Crippen molar-refractivity contribution in [3.05, 3.63) is 46.0 Å². The molecule has 2 aliphatic heterocycles. The first kappa shape index (κ1) is 26.2. The van der Waals surface area contributed by atoms with Gasteiger partial charge in [-0.3, -0.25) is 5.10 Å². The molecule has 0 saturated carbocycles. The highest BCUT2D eigenvalue weighted by Gasteiger charge is 2.28. The van der Waals surface area contributed by atoms with Crippen LogP contribution in [-0.4, -0.2) is 61.3 Å². The van der Waals surface area contributed by atoms with E-state index < -0.39 is 10.0 Å². The molecule has 200 valence electrons. The van der Waals surface area contributed by atoms with E-state index in [4.69, 9.17) is 9.47 Å². The van der Waals surface area contributed by atoms with E-state index in [0.29, 0.717) is 18.0 Å². The number of benzene rings is 1. The Morgan fingerprint density at radius 1 is 0.919 bits per heavy atom. The van der Waals surface area contributed by atoms with Gasteiger partial charge in [0.25, 0.3) is 0 Å². The van der Waals surface area contributed by atoms with Crippen molar-refractivity contribution in [2.45, 2.75) is 63.8 Å². The van der Waals surface area contributed by atoms with E-state index in [1.54, 1.807) is 10.4 Å². The number of hydrogen-bond donors (Lipinski definition) is 1. The molecule has 8 nitrogen and oxygen atoms in total. The van der Waals surface area contributed by atoms with Crippen molar-refractivity contribution in [1.29, 1.82) is 0 Å². The molecule has 0 saturated heterocycles. The monoisotopic (exact) mass is 544 g/mol. The molecule has 1 N–H and O–H groups in total. The molecular weight excluding hydrogens is 508 g/mol. The van der Waals surface area contributed by atoms with Gasteiger partial charge in [0.15, 0.2) is 11.5 Å². The van der Waals surface area contributed by atoms with Crippen LogP contribution < -0.4 is 9.47 Å². The van der Waals surface area contributed by atoms with Gasteiger partial charge in [-0.1, -0.05) is 6.42 Å². The Morgan fingerprint density at radius 2 is 1.62 bits per heavy atom. The second-order valence-corrected chi connectivity index (χ2v) is 13.3. The summed E-state index contributed by atoms with van der Waals surface area (Å²) >= 11 is 1.49. The number of H-pyrrole nitrogens is 1. The van der Waals surface area contributed by atoms with Crippen LogP contribution in [0, 0.1) is 13.8 Å². The minimum absolute atomic E-state index is 0.283. The maximum Gasteiger partial charge on any atom is 0.244 e. The van der Waals surface area contributed by atoms with Gasteiger partial charge in [0.1, 0.15) is 5.69 Å². The minimum atomic E-state index is -3.59. The van der Waals surface area contributed by atoms with Gasteiger partial charge in [0.2, 0.25) is 16.8 Å². The highest BCUT2D eigenvalue weighted by atomic mass is 32.2. The molecule has 0 radical (unpaired) electrons. The van der Waals surface area contributed by atoms with Crippen LogP contribution in [0.5, 0.6) is 11.5 Å². The lowest BCUT2D eigenvalue weighted by Crippen LogP contribution is -2.33. The van der Waals surface area contributed by atoms with E-state index in [1.165, 1.54) is 22.5 Å². The molecule has 0 unspecified atom stereocenters. The van der Waals surface area contributed by atoms with E-state index in [2.05, 4.69) is 34.3 Å². The molecule has 0 bridgehead atoms. The fourth-order valence-electron chi connectivity index (χ4n) is 5.11. The van der Waals surface area contributed by atoms with Crippen LogP contribution in [0.25, 0.3) is 10.6 Å². The zero-order chi connectivity index (χ0) is 26.0. The maximum absolute atomic E-state index is 13.8.